The van der Waals surface area contributed by atoms with Crippen LogP contribution in [0.15, 0.2) is 48.8 Å². The Hall–Kier alpha value is -4.48. The zero-order chi connectivity index (χ0) is 32.2. The molecule has 10 nitrogen and oxygen atoms in total. The lowest BCUT2D eigenvalue weighted by atomic mass is 9.90. The molecule has 1 amide bonds. The van der Waals surface area contributed by atoms with Crippen LogP contribution in [0.1, 0.15) is 62.4 Å². The number of esters is 1. The molecule has 0 saturated heterocycles. The molecule has 1 aliphatic rings. The van der Waals surface area contributed by atoms with E-state index in [1.807, 2.05) is 23.1 Å². The fourth-order valence-electron chi connectivity index (χ4n) is 5.94. The molecule has 5 aromatic rings. The van der Waals surface area contributed by atoms with Gasteiger partial charge in [-0.15, -0.1) is 11.3 Å². The summed E-state index contributed by atoms with van der Waals surface area (Å²) >= 11 is 7.63. The number of H-pyrrole nitrogens is 1. The van der Waals surface area contributed by atoms with E-state index in [9.17, 15) is 9.59 Å². The van der Waals surface area contributed by atoms with Crippen molar-refractivity contribution in [3.8, 4) is 22.6 Å². The summed E-state index contributed by atoms with van der Waals surface area (Å²) in [5.41, 5.74) is 4.40. The maximum atomic E-state index is 13.8. The van der Waals surface area contributed by atoms with Crippen molar-refractivity contribution in [1.29, 1.82) is 0 Å². The third-order valence-electron chi connectivity index (χ3n) is 8.14. The first-order valence-electron chi connectivity index (χ1n) is 15.2. The summed E-state index contributed by atoms with van der Waals surface area (Å²) in [5.74, 6) is 1.50. The van der Waals surface area contributed by atoms with Crippen LogP contribution in [0.2, 0.25) is 5.02 Å². The Balaban J connectivity index is 1.46. The monoisotopic (exact) mass is 659 g/mol. The number of carbonyl (C=O) groups is 2. The van der Waals surface area contributed by atoms with Gasteiger partial charge in [0.1, 0.15) is 17.0 Å². The largest absolute Gasteiger partial charge is 0.493 e. The summed E-state index contributed by atoms with van der Waals surface area (Å²) in [5, 5.41) is 8.34. The highest BCUT2D eigenvalue weighted by atomic mass is 35.5. The number of carbonyl (C=O) groups excluding carboxylic acids is 2. The van der Waals surface area contributed by atoms with Crippen molar-refractivity contribution in [2.75, 3.05) is 27.4 Å². The minimum absolute atomic E-state index is 0.0486. The molecule has 4 heterocycles. The molecule has 0 radical (unpaired) electrons. The summed E-state index contributed by atoms with van der Waals surface area (Å²) in [6, 6.07) is 12.6. The topological polar surface area (TPSA) is 120 Å². The van der Waals surface area contributed by atoms with Crippen LogP contribution >= 0.6 is 22.9 Å². The van der Waals surface area contributed by atoms with Crippen molar-refractivity contribution >= 4 is 45.0 Å². The van der Waals surface area contributed by atoms with Crippen molar-refractivity contribution in [3.05, 3.63) is 86.9 Å². The molecule has 1 N–H and O–H groups in total. The molecule has 3 aromatic heterocycles. The number of hydrogen-bond donors (Lipinski definition) is 1. The van der Waals surface area contributed by atoms with E-state index in [0.29, 0.717) is 59.3 Å². The van der Waals surface area contributed by atoms with Gasteiger partial charge >= 0.3 is 5.97 Å². The van der Waals surface area contributed by atoms with E-state index in [-0.39, 0.29) is 12.5 Å². The first kappa shape index (κ1) is 31.5. The third-order valence-corrected chi connectivity index (χ3v) is 9.50. The number of nitrogens with zero attached hydrogens (tertiary/aromatic N) is 4. The van der Waals surface area contributed by atoms with Gasteiger partial charge in [-0.25, -0.2) is 14.8 Å². The molecule has 0 unspecified atom stereocenters. The third kappa shape index (κ3) is 6.29. The number of aryl methyl sites for hydroxylation is 2. The number of pyridine rings is 1. The van der Waals surface area contributed by atoms with Crippen LogP contribution in [0.4, 0.5) is 0 Å². The van der Waals surface area contributed by atoms with Crippen LogP contribution in [-0.4, -0.2) is 64.3 Å². The van der Waals surface area contributed by atoms with Gasteiger partial charge in [0, 0.05) is 39.4 Å². The number of amides is 1. The number of nitrogens with one attached hydrogen (secondary N) is 1. The molecule has 0 fully saturated rings. The number of ether oxygens (including phenoxy) is 3. The Bertz CT molecular complexity index is 1870. The molecular weight excluding hydrogens is 626 g/mol. The number of methoxy groups -OCH3 is 2. The minimum atomic E-state index is -0.415. The van der Waals surface area contributed by atoms with Gasteiger partial charge in [0.05, 0.1) is 38.6 Å². The SMILES string of the molecule is CCOC(=O)c1c(CCCCc2ncn[nH]2)nc2sc3c(c2c1-c1ccc(OC)c(OC)c1)CCN(C(=O)c1ccc(Cl)cc1)C3. The number of halogens is 1. The van der Waals surface area contributed by atoms with E-state index in [1.165, 1.54) is 6.33 Å². The molecular formula is C34H34ClN5O5S. The summed E-state index contributed by atoms with van der Waals surface area (Å²) in [7, 11) is 3.18. The lowest BCUT2D eigenvalue weighted by molar-refractivity contribution is 0.0525. The molecule has 0 bridgehead atoms. The molecule has 0 aliphatic carbocycles. The lowest BCUT2D eigenvalue weighted by Gasteiger charge is -2.27. The maximum absolute atomic E-state index is 13.8. The molecule has 0 saturated carbocycles. The average Bonchev–Trinajstić information content (AvgIpc) is 3.73. The molecule has 46 heavy (non-hydrogen) atoms. The Labute approximate surface area is 275 Å². The van der Waals surface area contributed by atoms with E-state index in [0.717, 1.165) is 56.9 Å². The highest BCUT2D eigenvalue weighted by Crippen LogP contribution is 2.45. The van der Waals surface area contributed by atoms with Crippen molar-refractivity contribution in [2.24, 2.45) is 0 Å². The fourth-order valence-corrected chi connectivity index (χ4v) is 7.33. The predicted octanol–water partition coefficient (Wildman–Crippen LogP) is 6.69. The lowest BCUT2D eigenvalue weighted by Crippen LogP contribution is -2.35. The highest BCUT2D eigenvalue weighted by Gasteiger charge is 2.31. The quantitative estimate of drug-likeness (QED) is 0.123. The first-order valence-corrected chi connectivity index (χ1v) is 16.4. The number of hydrogen-bond acceptors (Lipinski definition) is 9. The smallest absolute Gasteiger partial charge is 0.340 e. The number of aromatic amines is 1. The maximum Gasteiger partial charge on any atom is 0.340 e. The molecule has 6 rings (SSSR count). The van der Waals surface area contributed by atoms with Crippen LogP contribution in [0, 0.1) is 0 Å². The zero-order valence-corrected chi connectivity index (χ0v) is 27.5. The van der Waals surface area contributed by atoms with E-state index >= 15 is 0 Å². The van der Waals surface area contributed by atoms with Crippen LogP contribution < -0.4 is 9.47 Å². The first-order chi connectivity index (χ1) is 22.4. The van der Waals surface area contributed by atoms with Gasteiger partial charge < -0.3 is 19.1 Å². The highest BCUT2D eigenvalue weighted by molar-refractivity contribution is 7.19. The Kier molecular flexibility index (Phi) is 9.51. The van der Waals surface area contributed by atoms with Gasteiger partial charge in [0.25, 0.3) is 5.91 Å². The zero-order valence-electron chi connectivity index (χ0n) is 25.9. The van der Waals surface area contributed by atoms with Gasteiger partial charge in [0.15, 0.2) is 11.5 Å². The number of benzene rings is 2. The molecule has 238 valence electrons. The van der Waals surface area contributed by atoms with Crippen LogP contribution in [0.5, 0.6) is 11.5 Å². The standard InChI is InChI=1S/C34H34ClN5O5S/c1-4-45-34(42)31-24(7-5-6-8-28-36-19-37-39-28)38-32-30(29(31)21-11-14-25(43-2)26(17-21)44-3)23-15-16-40(18-27(23)46-32)33(41)20-9-12-22(35)13-10-20/h9-14,17,19H,4-8,15-16,18H2,1-3H3,(H,36,37,39). The van der Waals surface area contributed by atoms with Crippen molar-refractivity contribution in [3.63, 3.8) is 0 Å². The normalized spacial score (nSPS) is 12.7. The predicted molar refractivity (Wildman–Crippen MR) is 177 cm³/mol. The number of fused-ring (bicyclic) bond motifs is 3. The van der Waals surface area contributed by atoms with E-state index < -0.39 is 5.97 Å². The summed E-state index contributed by atoms with van der Waals surface area (Å²) in [6.45, 7) is 3.01. The van der Waals surface area contributed by atoms with Crippen LogP contribution in [0.3, 0.4) is 0 Å². The Morgan fingerprint density at radius 1 is 1.04 bits per heavy atom. The molecule has 0 atom stereocenters. The Morgan fingerprint density at radius 3 is 2.54 bits per heavy atom. The molecule has 12 heteroatoms. The van der Waals surface area contributed by atoms with E-state index in [1.54, 1.807) is 56.7 Å². The minimum Gasteiger partial charge on any atom is -0.493 e. The van der Waals surface area contributed by atoms with E-state index in [2.05, 4.69) is 15.2 Å². The second kappa shape index (κ2) is 13.9. The number of aromatic nitrogens is 4. The van der Waals surface area contributed by atoms with E-state index in [4.69, 9.17) is 30.8 Å². The number of thiophene rings is 1. The van der Waals surface area contributed by atoms with Crippen molar-refractivity contribution < 1.29 is 23.8 Å². The van der Waals surface area contributed by atoms with Gasteiger partial charge in [0.2, 0.25) is 0 Å². The Morgan fingerprint density at radius 2 is 1.83 bits per heavy atom. The van der Waals surface area contributed by atoms with Crippen LogP contribution in [-0.2, 0) is 30.5 Å². The van der Waals surface area contributed by atoms with Gasteiger partial charge in [-0.2, -0.15) is 5.10 Å². The molecule has 0 spiro atoms. The second-order valence-electron chi connectivity index (χ2n) is 10.9. The van der Waals surface area contributed by atoms with Crippen LogP contribution in [0.25, 0.3) is 21.3 Å². The van der Waals surface area contributed by atoms with Gasteiger partial charge in [-0.3, -0.25) is 9.89 Å². The number of unbranched alkanes of at least 4 members (excludes halogenated alkanes) is 1. The van der Waals surface area contributed by atoms with Gasteiger partial charge in [-0.1, -0.05) is 17.7 Å². The summed E-state index contributed by atoms with van der Waals surface area (Å²) in [6.07, 6.45) is 5.06. The average molecular weight is 660 g/mol. The molecule has 1 aliphatic heterocycles. The van der Waals surface area contributed by atoms with Gasteiger partial charge in [-0.05, 0) is 80.1 Å². The fraction of sp³-hybridized carbons (Fsp3) is 0.324. The molecule has 2 aromatic carbocycles. The summed E-state index contributed by atoms with van der Waals surface area (Å²) in [4.78, 5) is 40.3. The number of rotatable bonds is 11. The second-order valence-corrected chi connectivity index (χ2v) is 12.4. The van der Waals surface area contributed by atoms with Crippen molar-refractivity contribution in [2.45, 2.75) is 45.6 Å². The van der Waals surface area contributed by atoms with Crippen molar-refractivity contribution in [1.82, 2.24) is 25.1 Å². The summed E-state index contributed by atoms with van der Waals surface area (Å²) < 4.78 is 16.8.